The highest BCUT2D eigenvalue weighted by Crippen LogP contribution is 2.18. The topological polar surface area (TPSA) is 79.5 Å². The van der Waals surface area contributed by atoms with Gasteiger partial charge in [0.1, 0.15) is 6.04 Å². The standard InChI is InChI=1S/C19H27N3O3.ClH/c1-13-17(20-11-12-25-13)19(24)22-16-9-7-14(8-10-16)18(23)21-15-5-3-2-4-6-15;/h7-10,13,15,17,20H,2-6,11-12H2,1H3,(H,21,23)(H,22,24);1H/t13-,17+;/m1./s1. The van der Waals surface area contributed by atoms with E-state index in [-0.39, 0.29) is 36.4 Å². The van der Waals surface area contributed by atoms with Gasteiger partial charge in [-0.25, -0.2) is 0 Å². The third-order valence-corrected chi connectivity index (χ3v) is 4.95. The van der Waals surface area contributed by atoms with E-state index in [0.717, 1.165) is 12.8 Å². The number of hydrogen-bond donors (Lipinski definition) is 3. The molecule has 1 heterocycles. The summed E-state index contributed by atoms with van der Waals surface area (Å²) in [4.78, 5) is 24.6. The third-order valence-electron chi connectivity index (χ3n) is 4.95. The van der Waals surface area contributed by atoms with E-state index in [1.165, 1.54) is 19.3 Å². The number of hydrogen-bond acceptors (Lipinski definition) is 4. The molecule has 1 aliphatic carbocycles. The quantitative estimate of drug-likeness (QED) is 0.748. The summed E-state index contributed by atoms with van der Waals surface area (Å²) in [6, 6.07) is 6.97. The van der Waals surface area contributed by atoms with E-state index in [1.54, 1.807) is 24.3 Å². The number of benzene rings is 1. The fourth-order valence-corrected chi connectivity index (χ4v) is 3.47. The maximum Gasteiger partial charge on any atom is 0.251 e. The molecule has 1 aliphatic heterocycles. The van der Waals surface area contributed by atoms with Gasteiger partial charge in [-0.05, 0) is 44.0 Å². The Labute approximate surface area is 160 Å². The van der Waals surface area contributed by atoms with Crippen LogP contribution in [0.5, 0.6) is 0 Å². The van der Waals surface area contributed by atoms with Crippen molar-refractivity contribution in [1.82, 2.24) is 10.6 Å². The minimum atomic E-state index is -0.358. The molecular weight excluding hydrogens is 354 g/mol. The highest BCUT2D eigenvalue weighted by atomic mass is 35.5. The van der Waals surface area contributed by atoms with Crippen molar-refractivity contribution in [1.29, 1.82) is 0 Å². The van der Waals surface area contributed by atoms with E-state index < -0.39 is 0 Å². The van der Waals surface area contributed by atoms with Gasteiger partial charge in [-0.2, -0.15) is 0 Å². The van der Waals surface area contributed by atoms with Crippen molar-refractivity contribution in [3.63, 3.8) is 0 Å². The average molecular weight is 382 g/mol. The first-order valence-electron chi connectivity index (χ1n) is 9.20. The zero-order valence-corrected chi connectivity index (χ0v) is 15.9. The molecule has 3 N–H and O–H groups in total. The molecule has 3 rings (SSSR count). The van der Waals surface area contributed by atoms with Crippen LogP contribution < -0.4 is 16.0 Å². The summed E-state index contributed by atoms with van der Waals surface area (Å²) >= 11 is 0. The lowest BCUT2D eigenvalue weighted by atomic mass is 9.95. The molecule has 0 radical (unpaired) electrons. The number of anilines is 1. The second-order valence-corrected chi connectivity index (χ2v) is 6.88. The fraction of sp³-hybridized carbons (Fsp3) is 0.579. The summed E-state index contributed by atoms with van der Waals surface area (Å²) < 4.78 is 5.50. The molecule has 1 aromatic carbocycles. The molecule has 0 unspecified atom stereocenters. The second-order valence-electron chi connectivity index (χ2n) is 6.88. The monoisotopic (exact) mass is 381 g/mol. The first kappa shape index (κ1) is 20.7. The Morgan fingerprint density at radius 3 is 2.46 bits per heavy atom. The number of carbonyl (C=O) groups excluding carboxylic acids is 2. The van der Waals surface area contributed by atoms with Gasteiger partial charge in [0.05, 0.1) is 12.7 Å². The van der Waals surface area contributed by atoms with Crippen LogP contribution in [0.15, 0.2) is 24.3 Å². The average Bonchev–Trinajstić information content (AvgIpc) is 2.63. The molecule has 1 aromatic rings. The van der Waals surface area contributed by atoms with Crippen molar-refractivity contribution in [2.24, 2.45) is 0 Å². The van der Waals surface area contributed by atoms with Gasteiger partial charge in [0, 0.05) is 23.8 Å². The summed E-state index contributed by atoms with van der Waals surface area (Å²) in [5.74, 6) is -0.160. The Hall–Kier alpha value is -1.63. The predicted molar refractivity (Wildman–Crippen MR) is 104 cm³/mol. The minimum absolute atomic E-state index is 0. The summed E-state index contributed by atoms with van der Waals surface area (Å²) in [5, 5.41) is 9.14. The van der Waals surface area contributed by atoms with E-state index >= 15 is 0 Å². The van der Waals surface area contributed by atoms with Gasteiger partial charge >= 0.3 is 0 Å². The number of rotatable bonds is 4. The van der Waals surface area contributed by atoms with Crippen molar-refractivity contribution in [2.75, 3.05) is 18.5 Å². The van der Waals surface area contributed by atoms with Crippen molar-refractivity contribution in [3.05, 3.63) is 29.8 Å². The lowest BCUT2D eigenvalue weighted by Gasteiger charge is -2.29. The molecule has 2 fully saturated rings. The smallest absolute Gasteiger partial charge is 0.251 e. The molecule has 0 bridgehead atoms. The van der Waals surface area contributed by atoms with E-state index in [0.29, 0.717) is 30.4 Å². The molecule has 2 aliphatic rings. The Morgan fingerprint density at radius 2 is 1.81 bits per heavy atom. The maximum atomic E-state index is 12.3. The Morgan fingerprint density at radius 1 is 1.12 bits per heavy atom. The molecule has 26 heavy (non-hydrogen) atoms. The molecule has 144 valence electrons. The number of carbonyl (C=O) groups is 2. The van der Waals surface area contributed by atoms with Crippen LogP contribution in [0.1, 0.15) is 49.4 Å². The lowest BCUT2D eigenvalue weighted by Crippen LogP contribution is -2.53. The van der Waals surface area contributed by atoms with Gasteiger partial charge in [0.25, 0.3) is 5.91 Å². The molecule has 2 atom stereocenters. The molecular formula is C19H28ClN3O3. The maximum absolute atomic E-state index is 12.3. The number of nitrogens with one attached hydrogen (secondary N) is 3. The van der Waals surface area contributed by atoms with Gasteiger partial charge in [0.15, 0.2) is 0 Å². The van der Waals surface area contributed by atoms with Crippen molar-refractivity contribution in [2.45, 2.75) is 57.2 Å². The van der Waals surface area contributed by atoms with Crippen molar-refractivity contribution >= 4 is 29.9 Å². The number of ether oxygens (including phenoxy) is 1. The van der Waals surface area contributed by atoms with Crippen LogP contribution in [0.2, 0.25) is 0 Å². The highest BCUT2D eigenvalue weighted by Gasteiger charge is 2.28. The van der Waals surface area contributed by atoms with E-state index in [9.17, 15) is 9.59 Å². The van der Waals surface area contributed by atoms with Crippen LogP contribution in [0.4, 0.5) is 5.69 Å². The normalized spacial score (nSPS) is 23.6. The summed E-state index contributed by atoms with van der Waals surface area (Å²) in [7, 11) is 0. The SMILES string of the molecule is C[C@H]1OCCN[C@@H]1C(=O)Nc1ccc(C(=O)NC2CCCCC2)cc1.Cl. The summed E-state index contributed by atoms with van der Waals surface area (Å²) in [5.41, 5.74) is 1.30. The van der Waals surface area contributed by atoms with Gasteiger partial charge in [-0.3, -0.25) is 9.59 Å². The van der Waals surface area contributed by atoms with Crippen LogP contribution in [-0.4, -0.2) is 43.2 Å². The van der Waals surface area contributed by atoms with E-state index in [2.05, 4.69) is 16.0 Å². The summed E-state index contributed by atoms with van der Waals surface area (Å²) in [6.45, 7) is 3.17. The van der Waals surface area contributed by atoms with Crippen LogP contribution in [0.25, 0.3) is 0 Å². The van der Waals surface area contributed by atoms with Crippen LogP contribution in [0.3, 0.4) is 0 Å². The lowest BCUT2D eigenvalue weighted by molar-refractivity contribution is -0.123. The minimum Gasteiger partial charge on any atom is -0.375 e. The Kier molecular flexibility index (Phi) is 7.87. The molecule has 0 spiro atoms. The fourth-order valence-electron chi connectivity index (χ4n) is 3.47. The summed E-state index contributed by atoms with van der Waals surface area (Å²) in [6.07, 6.45) is 5.61. The first-order chi connectivity index (χ1) is 12.1. The molecule has 0 aromatic heterocycles. The van der Waals surface area contributed by atoms with Gasteiger partial charge in [-0.1, -0.05) is 19.3 Å². The van der Waals surface area contributed by atoms with Gasteiger partial charge in [-0.15, -0.1) is 12.4 Å². The largest absolute Gasteiger partial charge is 0.375 e. The number of halogens is 1. The third kappa shape index (κ3) is 5.43. The first-order valence-corrected chi connectivity index (χ1v) is 9.20. The van der Waals surface area contributed by atoms with E-state index in [4.69, 9.17) is 4.74 Å². The zero-order valence-electron chi connectivity index (χ0n) is 15.1. The number of amides is 2. The van der Waals surface area contributed by atoms with Gasteiger partial charge in [0.2, 0.25) is 5.91 Å². The predicted octanol–water partition coefficient (Wildman–Crippen LogP) is 2.49. The zero-order chi connectivity index (χ0) is 17.6. The van der Waals surface area contributed by atoms with Crippen molar-refractivity contribution in [3.8, 4) is 0 Å². The van der Waals surface area contributed by atoms with Crippen molar-refractivity contribution < 1.29 is 14.3 Å². The van der Waals surface area contributed by atoms with E-state index in [1.807, 2.05) is 6.92 Å². The van der Waals surface area contributed by atoms with Gasteiger partial charge < -0.3 is 20.7 Å². The molecule has 1 saturated heterocycles. The Balaban J connectivity index is 0.00000243. The van der Waals surface area contributed by atoms with Crippen LogP contribution in [-0.2, 0) is 9.53 Å². The second kappa shape index (κ2) is 9.90. The molecule has 6 nitrogen and oxygen atoms in total. The molecule has 1 saturated carbocycles. The van der Waals surface area contributed by atoms with Crippen LogP contribution in [0, 0.1) is 0 Å². The molecule has 2 amide bonds. The molecule has 7 heteroatoms. The number of morpholine rings is 1. The highest BCUT2D eigenvalue weighted by molar-refractivity contribution is 5.97. The van der Waals surface area contributed by atoms with Crippen LogP contribution >= 0.6 is 12.4 Å². The Bertz CT molecular complexity index is 603.